The normalized spacial score (nSPS) is 31.0. The maximum absolute atomic E-state index is 14.3. The van der Waals surface area contributed by atoms with Gasteiger partial charge < -0.3 is 4.74 Å². The Morgan fingerprint density at radius 2 is 1.75 bits per heavy atom. The first-order valence-corrected chi connectivity index (χ1v) is 10.7. The van der Waals surface area contributed by atoms with Crippen molar-refractivity contribution in [1.82, 2.24) is 0 Å². The van der Waals surface area contributed by atoms with Crippen molar-refractivity contribution in [2.24, 2.45) is 27.5 Å². The number of amides is 1. The van der Waals surface area contributed by atoms with Crippen LogP contribution >= 0.6 is 11.6 Å². The fourth-order valence-electron chi connectivity index (χ4n) is 5.89. The summed E-state index contributed by atoms with van der Waals surface area (Å²) >= 11 is 6.19. The lowest BCUT2D eigenvalue weighted by molar-refractivity contribution is -0.105. The molecule has 5 nitrogen and oxygen atoms in total. The zero-order chi connectivity index (χ0) is 19.3. The van der Waals surface area contributed by atoms with Gasteiger partial charge in [0, 0.05) is 11.5 Å². The molecule has 1 aromatic carbocycles. The molecule has 0 N–H and O–H groups in total. The third kappa shape index (κ3) is 3.83. The van der Waals surface area contributed by atoms with Gasteiger partial charge in [-0.1, -0.05) is 23.4 Å². The first kappa shape index (κ1) is 21.2. The van der Waals surface area contributed by atoms with Crippen LogP contribution in [0, 0.1) is 29.0 Å². The molecule has 5 rings (SSSR count). The molecule has 1 atom stereocenters. The quantitative estimate of drug-likeness (QED) is 0.650. The maximum atomic E-state index is 14.3. The lowest BCUT2D eigenvalue weighted by Gasteiger charge is -2.58. The van der Waals surface area contributed by atoms with E-state index in [0.717, 1.165) is 49.1 Å². The molecule has 28 heavy (non-hydrogen) atoms. The molecular formula is C20H25ClFNO4S. The third-order valence-corrected chi connectivity index (χ3v) is 7.27. The predicted octanol–water partition coefficient (Wildman–Crippen LogP) is 5.30. The number of carbonyl (C=O) groups is 1. The van der Waals surface area contributed by atoms with Crippen LogP contribution in [0.4, 0.5) is 4.39 Å². The molecular weight excluding hydrogens is 405 g/mol. The minimum atomic E-state index is -2.95. The first-order valence-electron chi connectivity index (χ1n) is 9.27. The Balaban J connectivity index is 0.00000225. The van der Waals surface area contributed by atoms with Gasteiger partial charge in [-0.05, 0) is 69.3 Å². The molecule has 1 aromatic rings. The molecule has 8 heteroatoms. The number of hydrogen-bond acceptors (Lipinski definition) is 4. The summed E-state index contributed by atoms with van der Waals surface area (Å²) in [7, 11) is -2.95. The van der Waals surface area contributed by atoms with Crippen LogP contribution in [-0.2, 0) is 10.5 Å². The summed E-state index contributed by atoms with van der Waals surface area (Å²) in [4.78, 5) is 11.7. The molecule has 0 aliphatic heterocycles. The predicted molar refractivity (Wildman–Crippen MR) is 105 cm³/mol. The van der Waals surface area contributed by atoms with Crippen LogP contribution in [0.2, 0.25) is 5.02 Å². The van der Waals surface area contributed by atoms with Crippen molar-refractivity contribution in [3.8, 4) is 5.75 Å². The lowest BCUT2D eigenvalue weighted by atomic mass is 9.48. The Bertz CT molecular complexity index is 887. The molecule has 4 aliphatic rings. The molecule has 0 saturated heterocycles. The van der Waals surface area contributed by atoms with Crippen LogP contribution in [0.25, 0.3) is 0 Å². The van der Waals surface area contributed by atoms with Gasteiger partial charge in [0.15, 0.2) is 0 Å². The van der Waals surface area contributed by atoms with Gasteiger partial charge in [0.25, 0.3) is 5.91 Å². The minimum Gasteiger partial charge on any atom is -0.488 e. The molecule has 0 spiro atoms. The Morgan fingerprint density at radius 1 is 1.21 bits per heavy atom. The van der Waals surface area contributed by atoms with Gasteiger partial charge in [0.05, 0.1) is 10.6 Å². The van der Waals surface area contributed by atoms with Gasteiger partial charge in [0.2, 0.25) is 0 Å². The van der Waals surface area contributed by atoms with Crippen molar-refractivity contribution in [1.29, 1.82) is 0 Å². The van der Waals surface area contributed by atoms with Gasteiger partial charge in [-0.2, -0.15) is 8.42 Å². The van der Waals surface area contributed by atoms with E-state index >= 15 is 0 Å². The van der Waals surface area contributed by atoms with Crippen LogP contribution in [0.3, 0.4) is 0 Å². The van der Waals surface area contributed by atoms with Crippen LogP contribution in [0.1, 0.15) is 63.2 Å². The first-order chi connectivity index (χ1) is 12.8. The summed E-state index contributed by atoms with van der Waals surface area (Å²) in [5.74, 6) is 0.393. The SMILES string of the molecule is C.CC(Oc1cc(F)c(C(=O)N=S(=O)=O)cc1Cl)C12CC3CC(CC(C3)C1)C2. The van der Waals surface area contributed by atoms with Crippen molar-refractivity contribution in [2.45, 2.75) is 59.0 Å². The van der Waals surface area contributed by atoms with E-state index in [2.05, 4.69) is 4.36 Å². The van der Waals surface area contributed by atoms with Crippen molar-refractivity contribution in [2.75, 3.05) is 0 Å². The fraction of sp³-hybridized carbons (Fsp3) is 0.650. The summed E-state index contributed by atoms with van der Waals surface area (Å²) in [6.07, 6.45) is 7.29. The monoisotopic (exact) mass is 429 g/mol. The molecule has 4 fully saturated rings. The molecule has 4 aliphatic carbocycles. The molecule has 0 heterocycles. The van der Waals surface area contributed by atoms with E-state index in [1.807, 2.05) is 6.92 Å². The summed E-state index contributed by atoms with van der Waals surface area (Å²) in [6, 6.07) is 2.13. The largest absolute Gasteiger partial charge is 0.488 e. The number of hydrogen-bond donors (Lipinski definition) is 0. The Hall–Kier alpha value is -1.47. The van der Waals surface area contributed by atoms with Crippen molar-refractivity contribution >= 4 is 28.0 Å². The number of carbonyl (C=O) groups excluding carboxylic acids is 1. The van der Waals surface area contributed by atoms with E-state index in [-0.39, 0.29) is 29.7 Å². The average Bonchev–Trinajstić information content (AvgIpc) is 2.55. The summed E-state index contributed by atoms with van der Waals surface area (Å²) in [6.45, 7) is 2.02. The number of rotatable bonds is 4. The molecule has 0 radical (unpaired) electrons. The van der Waals surface area contributed by atoms with E-state index in [1.165, 1.54) is 19.3 Å². The summed E-state index contributed by atoms with van der Waals surface area (Å²) < 4.78 is 44.3. The van der Waals surface area contributed by atoms with Crippen molar-refractivity contribution in [3.63, 3.8) is 0 Å². The molecule has 1 amide bonds. The Labute approximate surface area is 171 Å². The van der Waals surface area contributed by atoms with E-state index in [0.29, 0.717) is 0 Å². The van der Waals surface area contributed by atoms with Crippen LogP contribution in [-0.4, -0.2) is 20.4 Å². The van der Waals surface area contributed by atoms with E-state index in [9.17, 15) is 17.6 Å². The number of ether oxygens (including phenoxy) is 1. The number of benzene rings is 1. The van der Waals surface area contributed by atoms with E-state index in [4.69, 9.17) is 16.3 Å². The van der Waals surface area contributed by atoms with Crippen molar-refractivity contribution < 1.29 is 22.3 Å². The Kier molecular flexibility index (Phi) is 5.88. The maximum Gasteiger partial charge on any atom is 0.319 e. The highest BCUT2D eigenvalue weighted by Gasteiger charge is 2.54. The Morgan fingerprint density at radius 3 is 2.25 bits per heavy atom. The molecule has 1 unspecified atom stereocenters. The second-order valence-electron chi connectivity index (χ2n) is 8.42. The zero-order valence-electron chi connectivity index (χ0n) is 15.0. The van der Waals surface area contributed by atoms with Gasteiger partial charge in [-0.25, -0.2) is 4.39 Å². The second kappa shape index (κ2) is 7.75. The third-order valence-electron chi connectivity index (χ3n) is 6.66. The summed E-state index contributed by atoms with van der Waals surface area (Å²) in [5, 5.41) is 0.0724. The molecule has 154 valence electrons. The van der Waals surface area contributed by atoms with Gasteiger partial charge >= 0.3 is 10.5 Å². The van der Waals surface area contributed by atoms with Crippen molar-refractivity contribution in [3.05, 3.63) is 28.5 Å². The zero-order valence-corrected chi connectivity index (χ0v) is 16.5. The highest BCUT2D eigenvalue weighted by atomic mass is 35.5. The van der Waals surface area contributed by atoms with Gasteiger partial charge in [-0.15, -0.1) is 0 Å². The van der Waals surface area contributed by atoms with Gasteiger partial charge in [0.1, 0.15) is 17.7 Å². The average molecular weight is 430 g/mol. The minimum absolute atomic E-state index is 0. The second-order valence-corrected chi connectivity index (χ2v) is 9.44. The molecule has 0 aromatic heterocycles. The van der Waals surface area contributed by atoms with Crippen LogP contribution in [0.15, 0.2) is 16.5 Å². The van der Waals surface area contributed by atoms with E-state index < -0.39 is 27.8 Å². The number of nitrogens with zero attached hydrogens (tertiary/aromatic N) is 1. The van der Waals surface area contributed by atoms with Crippen LogP contribution in [0.5, 0.6) is 5.75 Å². The molecule has 4 saturated carbocycles. The smallest absolute Gasteiger partial charge is 0.319 e. The topological polar surface area (TPSA) is 72.8 Å². The molecule has 4 bridgehead atoms. The standard InChI is InChI=1S/C19H21ClFNO4S.CH4/c1-10(19-7-11-2-12(8-19)4-13(3-11)9-19)26-17-6-16(21)14(5-15(17)20)18(23)22-27(24)25;/h5-6,10-13H,2-4,7-9H2,1H3;1H4. The summed E-state index contributed by atoms with van der Waals surface area (Å²) in [5.41, 5.74) is -0.378. The van der Waals surface area contributed by atoms with Gasteiger partial charge in [-0.3, -0.25) is 4.79 Å². The van der Waals surface area contributed by atoms with E-state index in [1.54, 1.807) is 0 Å². The highest BCUT2D eigenvalue weighted by Crippen LogP contribution is 2.61. The highest BCUT2D eigenvalue weighted by molar-refractivity contribution is 7.62. The van der Waals surface area contributed by atoms with Crippen LogP contribution < -0.4 is 4.74 Å². The fourth-order valence-corrected chi connectivity index (χ4v) is 6.33. The number of halogens is 2. The lowest BCUT2D eigenvalue weighted by Crippen LogP contribution is -2.52.